The molecule has 4 aromatic carbocycles. The van der Waals surface area contributed by atoms with Gasteiger partial charge < -0.3 is 14.5 Å². The summed E-state index contributed by atoms with van der Waals surface area (Å²) in [6.07, 6.45) is -4.63. The highest BCUT2D eigenvalue weighted by atomic mass is 19.4. The molecular weight excluding hydrogens is 655 g/mol. The molecule has 2 heterocycles. The van der Waals surface area contributed by atoms with Gasteiger partial charge in [0.1, 0.15) is 0 Å². The van der Waals surface area contributed by atoms with E-state index in [9.17, 15) is 27.6 Å². The monoisotopic (exact) mass is 695 g/mol. The van der Waals surface area contributed by atoms with Crippen molar-refractivity contribution in [3.63, 3.8) is 0 Å². The molecule has 4 aromatic rings. The number of ether oxygens (including phenoxy) is 1. The molecule has 1 unspecified atom stereocenters. The molecule has 2 aliphatic heterocycles. The van der Waals surface area contributed by atoms with Crippen LogP contribution in [-0.4, -0.2) is 65.3 Å². The molecule has 1 atom stereocenters. The van der Waals surface area contributed by atoms with Gasteiger partial charge in [-0.15, -0.1) is 0 Å². The topological polar surface area (TPSA) is 70.2 Å². The fraction of sp³-hybridized carbons (Fsp3) is 0.293. The van der Waals surface area contributed by atoms with Crippen LogP contribution in [0.5, 0.6) is 0 Å². The highest BCUT2D eigenvalue weighted by Crippen LogP contribution is 2.39. The normalized spacial score (nSPS) is 17.2. The Kier molecular flexibility index (Phi) is 10.7. The zero-order valence-electron chi connectivity index (χ0n) is 28.6. The van der Waals surface area contributed by atoms with Gasteiger partial charge in [0.15, 0.2) is 0 Å². The molecule has 2 aliphatic rings. The molecule has 10 heteroatoms. The van der Waals surface area contributed by atoms with Crippen LogP contribution in [0, 0.1) is 0 Å². The summed E-state index contributed by atoms with van der Waals surface area (Å²) in [5.41, 5.74) is 3.81. The minimum atomic E-state index is -4.51. The molecule has 51 heavy (non-hydrogen) atoms. The Morgan fingerprint density at radius 1 is 0.824 bits per heavy atom. The van der Waals surface area contributed by atoms with Crippen LogP contribution in [0.15, 0.2) is 120 Å². The second-order valence-corrected chi connectivity index (χ2v) is 12.8. The van der Waals surface area contributed by atoms with E-state index in [1.54, 1.807) is 32.0 Å². The van der Waals surface area contributed by atoms with Gasteiger partial charge in [0.05, 0.1) is 30.3 Å². The lowest BCUT2D eigenvalue weighted by molar-refractivity contribution is -0.140. The number of hydrogen-bond acceptors (Lipinski definition) is 5. The molecule has 0 N–H and O–H groups in total. The first-order chi connectivity index (χ1) is 24.5. The Morgan fingerprint density at radius 3 is 2.00 bits per heavy atom. The molecule has 2 amide bonds. The van der Waals surface area contributed by atoms with Gasteiger partial charge in [-0.25, -0.2) is 4.79 Å². The van der Waals surface area contributed by atoms with Crippen molar-refractivity contribution in [2.75, 3.05) is 32.8 Å². The quantitative estimate of drug-likeness (QED) is 0.169. The summed E-state index contributed by atoms with van der Waals surface area (Å²) in [7, 11) is 0. The minimum Gasteiger partial charge on any atom is -0.463 e. The summed E-state index contributed by atoms with van der Waals surface area (Å²) in [5.74, 6) is -1.77. The average molecular weight is 696 g/mol. The van der Waals surface area contributed by atoms with E-state index >= 15 is 0 Å². The van der Waals surface area contributed by atoms with Crippen molar-refractivity contribution in [2.45, 2.75) is 44.9 Å². The molecule has 0 saturated carbocycles. The van der Waals surface area contributed by atoms with Gasteiger partial charge in [0, 0.05) is 49.8 Å². The zero-order valence-corrected chi connectivity index (χ0v) is 28.6. The number of amides is 2. The van der Waals surface area contributed by atoms with E-state index in [0.717, 1.165) is 12.1 Å². The van der Waals surface area contributed by atoms with Crippen LogP contribution in [0.1, 0.15) is 70.4 Å². The van der Waals surface area contributed by atoms with Gasteiger partial charge in [-0.05, 0) is 60.4 Å². The van der Waals surface area contributed by atoms with Crippen LogP contribution in [-0.2, 0) is 27.0 Å². The van der Waals surface area contributed by atoms with Gasteiger partial charge >= 0.3 is 12.1 Å². The van der Waals surface area contributed by atoms with Crippen molar-refractivity contribution in [1.29, 1.82) is 0 Å². The van der Waals surface area contributed by atoms with Crippen LogP contribution in [0.4, 0.5) is 13.2 Å². The summed E-state index contributed by atoms with van der Waals surface area (Å²) >= 11 is 0. The molecule has 1 fully saturated rings. The summed E-state index contributed by atoms with van der Waals surface area (Å²) in [6, 6.07) is 32.5. The maximum absolute atomic E-state index is 13.8. The van der Waals surface area contributed by atoms with Crippen LogP contribution >= 0.6 is 0 Å². The maximum Gasteiger partial charge on any atom is 0.416 e. The number of carbonyl (C=O) groups excluding carboxylic acids is 3. The largest absolute Gasteiger partial charge is 0.463 e. The number of esters is 1. The lowest BCUT2D eigenvalue weighted by Gasteiger charge is -2.40. The van der Waals surface area contributed by atoms with E-state index in [2.05, 4.69) is 29.2 Å². The smallest absolute Gasteiger partial charge is 0.416 e. The molecule has 6 rings (SSSR count). The predicted octanol–water partition coefficient (Wildman–Crippen LogP) is 7.61. The number of alkyl halides is 3. The molecule has 7 nitrogen and oxygen atoms in total. The van der Waals surface area contributed by atoms with Crippen molar-refractivity contribution < 1.29 is 32.3 Å². The first-order valence-corrected chi connectivity index (χ1v) is 17.1. The lowest BCUT2D eigenvalue weighted by atomic mass is 9.83. The highest BCUT2D eigenvalue weighted by Gasteiger charge is 2.38. The first-order valence-electron chi connectivity index (χ1n) is 17.1. The van der Waals surface area contributed by atoms with Crippen molar-refractivity contribution in [3.8, 4) is 0 Å². The fourth-order valence-corrected chi connectivity index (χ4v) is 7.10. The number of nitrogens with zero attached hydrogens (tertiary/aromatic N) is 3. The Morgan fingerprint density at radius 2 is 1.43 bits per heavy atom. The van der Waals surface area contributed by atoms with E-state index in [1.165, 1.54) is 28.2 Å². The molecular formula is C41H40F3N3O4. The standard InChI is InChI=1S/C41H40F3N3O4/c1-3-51-40(50)37-28(2)47(36(48)26-35(37)30-17-19-34(20-18-30)41(42,43)44)27-29-11-10-16-33(25-29)39(49)46-23-21-45(22-24-46)38(31-12-6-4-7-13-31)32-14-8-5-9-15-32/h4-20,25,35,38H,3,21-24,26-27H2,1-2H3. The second-order valence-electron chi connectivity index (χ2n) is 12.8. The molecule has 0 radical (unpaired) electrons. The first kappa shape index (κ1) is 35.6. The van der Waals surface area contributed by atoms with Crippen LogP contribution < -0.4 is 0 Å². The number of rotatable bonds is 9. The third kappa shape index (κ3) is 7.91. The summed E-state index contributed by atoms with van der Waals surface area (Å²) in [5, 5.41) is 0. The van der Waals surface area contributed by atoms with Crippen molar-refractivity contribution in [1.82, 2.24) is 14.7 Å². The molecule has 0 bridgehead atoms. The van der Waals surface area contributed by atoms with E-state index < -0.39 is 23.6 Å². The zero-order chi connectivity index (χ0) is 36.1. The molecule has 0 aliphatic carbocycles. The Bertz CT molecular complexity index is 1850. The average Bonchev–Trinajstić information content (AvgIpc) is 3.14. The lowest BCUT2D eigenvalue weighted by Crippen LogP contribution is -2.49. The maximum atomic E-state index is 13.8. The van der Waals surface area contributed by atoms with Crippen LogP contribution in [0.25, 0.3) is 0 Å². The number of allylic oxidation sites excluding steroid dienone is 1. The molecule has 1 saturated heterocycles. The predicted molar refractivity (Wildman–Crippen MR) is 187 cm³/mol. The van der Waals surface area contributed by atoms with Gasteiger partial charge in [-0.3, -0.25) is 14.5 Å². The number of halogens is 3. The summed E-state index contributed by atoms with van der Waals surface area (Å²) in [4.78, 5) is 46.3. The molecule has 0 spiro atoms. The second kappa shape index (κ2) is 15.3. The van der Waals surface area contributed by atoms with Crippen molar-refractivity contribution >= 4 is 17.8 Å². The van der Waals surface area contributed by atoms with Crippen LogP contribution in [0.2, 0.25) is 0 Å². The third-order valence-electron chi connectivity index (χ3n) is 9.67. The van der Waals surface area contributed by atoms with Gasteiger partial charge in [0.2, 0.25) is 5.91 Å². The van der Waals surface area contributed by atoms with E-state index in [4.69, 9.17) is 4.74 Å². The summed E-state index contributed by atoms with van der Waals surface area (Å²) in [6.45, 7) is 6.03. The van der Waals surface area contributed by atoms with E-state index in [-0.39, 0.29) is 43.0 Å². The van der Waals surface area contributed by atoms with Gasteiger partial charge in [-0.1, -0.05) is 84.9 Å². The number of benzene rings is 4. The SMILES string of the molecule is CCOC(=O)C1=C(C)N(Cc2cccc(C(=O)N3CCN(C(c4ccccc4)c4ccccc4)CC3)c2)C(=O)CC1c1ccc(C(F)(F)F)cc1. The number of hydrogen-bond donors (Lipinski definition) is 0. The Labute approximate surface area is 295 Å². The number of carbonyl (C=O) groups is 3. The highest BCUT2D eigenvalue weighted by molar-refractivity contribution is 5.96. The van der Waals surface area contributed by atoms with E-state index in [0.29, 0.717) is 48.6 Å². The Balaban J connectivity index is 1.18. The minimum absolute atomic E-state index is 0.0738. The number of piperazine rings is 1. The molecule has 0 aromatic heterocycles. The van der Waals surface area contributed by atoms with Gasteiger partial charge in [0.25, 0.3) is 5.91 Å². The molecule has 264 valence electrons. The van der Waals surface area contributed by atoms with E-state index in [1.807, 2.05) is 47.4 Å². The Hall–Kier alpha value is -5.22. The van der Waals surface area contributed by atoms with Crippen molar-refractivity contribution in [2.24, 2.45) is 0 Å². The van der Waals surface area contributed by atoms with Crippen molar-refractivity contribution in [3.05, 3.63) is 154 Å². The van der Waals surface area contributed by atoms with Crippen LogP contribution in [0.3, 0.4) is 0 Å². The fourth-order valence-electron chi connectivity index (χ4n) is 7.10. The summed E-state index contributed by atoms with van der Waals surface area (Å²) < 4.78 is 45.0. The van der Waals surface area contributed by atoms with Gasteiger partial charge in [-0.2, -0.15) is 13.2 Å². The third-order valence-corrected chi connectivity index (χ3v) is 9.67.